The fourth-order valence-electron chi connectivity index (χ4n) is 7.51. The molecule has 0 radical (unpaired) electrons. The molecule has 0 bridgehead atoms. The summed E-state index contributed by atoms with van der Waals surface area (Å²) >= 11 is 0. The van der Waals surface area contributed by atoms with Gasteiger partial charge in [-0.15, -0.1) is 0 Å². The van der Waals surface area contributed by atoms with Crippen LogP contribution in [0.3, 0.4) is 0 Å². The van der Waals surface area contributed by atoms with Crippen LogP contribution in [0.5, 0.6) is 0 Å². The van der Waals surface area contributed by atoms with Crippen molar-refractivity contribution in [2.75, 3.05) is 0 Å². The molecular weight excluding hydrogens is 528 g/mol. The molecule has 0 amide bonds. The molecule has 0 N–H and O–H groups in total. The van der Waals surface area contributed by atoms with Crippen LogP contribution in [-0.4, -0.2) is 0 Å². The first-order chi connectivity index (χ1) is 21.3. The van der Waals surface area contributed by atoms with E-state index in [-0.39, 0.29) is 10.8 Å². The van der Waals surface area contributed by atoms with Gasteiger partial charge in [0.2, 0.25) is 0 Å². The van der Waals surface area contributed by atoms with Crippen molar-refractivity contribution in [1.29, 1.82) is 0 Å². The minimum atomic E-state index is 0.0544. The summed E-state index contributed by atoms with van der Waals surface area (Å²) in [6, 6.07) is 46.6. The largest absolute Gasteiger partial charge is 0.0683 e. The smallest absolute Gasteiger partial charge is 0.0161 e. The molecule has 44 heavy (non-hydrogen) atoms. The van der Waals surface area contributed by atoms with Crippen LogP contribution in [0.1, 0.15) is 76.3 Å². The van der Waals surface area contributed by atoms with Gasteiger partial charge in [-0.2, -0.15) is 0 Å². The Labute approximate surface area is 264 Å². The van der Waals surface area contributed by atoms with Crippen molar-refractivity contribution < 1.29 is 0 Å². The maximum absolute atomic E-state index is 2.39. The summed E-state index contributed by atoms with van der Waals surface area (Å²) < 4.78 is 0. The van der Waals surface area contributed by atoms with Gasteiger partial charge in [0.25, 0.3) is 0 Å². The number of aryl methyl sites for hydroxylation is 1. The molecule has 0 unspecified atom stereocenters. The Balaban J connectivity index is 0.000000158. The van der Waals surface area contributed by atoms with Crippen molar-refractivity contribution >= 4 is 10.8 Å². The molecule has 220 valence electrons. The standard InChI is InChI=1S/C25H20.C17H18.C2H6/c1-25(2)23-10-6-5-9-21(23)22-14-13-20(16-24(22)25)19-12-11-17-7-3-4-8-18(17)15-19;1-4-12-8-7-10-14-13-9-5-6-11-15(13)17(2,3)16(12)14;1-2/h3-16H,1-2H3;5-11H,4H2,1-3H3;1-2H3. The molecule has 0 aliphatic heterocycles. The number of rotatable bonds is 2. The molecule has 0 spiro atoms. The SMILES string of the molecule is CC.CC1(C)c2ccccc2-c2ccc(-c3ccc4ccccc4c3)cc21.CCc1cccc2c1C(C)(C)c1ccccc1-2. The van der Waals surface area contributed by atoms with Gasteiger partial charge in [-0.3, -0.25) is 0 Å². The zero-order valence-corrected chi connectivity index (χ0v) is 27.3. The van der Waals surface area contributed by atoms with E-state index in [1.54, 1.807) is 0 Å². The lowest BCUT2D eigenvalue weighted by atomic mass is 9.80. The molecule has 0 saturated carbocycles. The van der Waals surface area contributed by atoms with E-state index in [1.165, 1.54) is 72.0 Å². The van der Waals surface area contributed by atoms with E-state index in [9.17, 15) is 0 Å². The second kappa shape index (κ2) is 11.6. The van der Waals surface area contributed by atoms with Gasteiger partial charge in [0.15, 0.2) is 0 Å². The van der Waals surface area contributed by atoms with Crippen LogP contribution in [0, 0.1) is 0 Å². The van der Waals surface area contributed by atoms with Gasteiger partial charge < -0.3 is 0 Å². The number of benzene rings is 6. The Bertz CT molecular complexity index is 1970. The maximum atomic E-state index is 2.39. The summed E-state index contributed by atoms with van der Waals surface area (Å²) in [7, 11) is 0. The fourth-order valence-corrected chi connectivity index (χ4v) is 7.51. The van der Waals surface area contributed by atoms with E-state index in [2.05, 4.69) is 162 Å². The quantitative estimate of drug-likeness (QED) is 0.194. The molecule has 8 rings (SSSR count). The van der Waals surface area contributed by atoms with E-state index < -0.39 is 0 Å². The van der Waals surface area contributed by atoms with Crippen molar-refractivity contribution in [3.63, 3.8) is 0 Å². The van der Waals surface area contributed by atoms with Crippen molar-refractivity contribution in [3.05, 3.63) is 155 Å². The van der Waals surface area contributed by atoms with E-state index in [4.69, 9.17) is 0 Å². The Kier molecular flexibility index (Phi) is 7.80. The molecular formula is C44H44. The Hall–Kier alpha value is -4.42. The molecule has 0 heterocycles. The lowest BCUT2D eigenvalue weighted by Gasteiger charge is -2.23. The zero-order valence-electron chi connectivity index (χ0n) is 27.3. The van der Waals surface area contributed by atoms with Crippen molar-refractivity contribution in [2.24, 2.45) is 0 Å². The van der Waals surface area contributed by atoms with Gasteiger partial charge in [0.1, 0.15) is 0 Å². The van der Waals surface area contributed by atoms with Gasteiger partial charge >= 0.3 is 0 Å². The predicted octanol–water partition coefficient (Wildman–Crippen LogP) is 12.4. The van der Waals surface area contributed by atoms with Gasteiger partial charge in [-0.25, -0.2) is 0 Å². The second-order valence-electron chi connectivity index (χ2n) is 12.9. The minimum Gasteiger partial charge on any atom is -0.0683 e. The first kappa shape index (κ1) is 29.6. The normalized spacial score (nSPS) is 14.2. The first-order valence-electron chi connectivity index (χ1n) is 16.3. The first-order valence-corrected chi connectivity index (χ1v) is 16.3. The van der Waals surface area contributed by atoms with Gasteiger partial charge in [-0.05, 0) is 90.5 Å². The molecule has 0 fully saturated rings. The monoisotopic (exact) mass is 572 g/mol. The Morgan fingerprint density at radius 3 is 1.66 bits per heavy atom. The van der Waals surface area contributed by atoms with Crippen LogP contribution >= 0.6 is 0 Å². The maximum Gasteiger partial charge on any atom is 0.0161 e. The molecule has 0 heteroatoms. The summed E-state index contributed by atoms with van der Waals surface area (Å²) in [5.74, 6) is 0. The number of fused-ring (bicyclic) bond motifs is 7. The van der Waals surface area contributed by atoms with Gasteiger partial charge in [0, 0.05) is 10.8 Å². The highest BCUT2D eigenvalue weighted by Crippen LogP contribution is 2.50. The average molecular weight is 573 g/mol. The highest BCUT2D eigenvalue weighted by Gasteiger charge is 2.37. The predicted molar refractivity (Wildman–Crippen MR) is 192 cm³/mol. The fraction of sp³-hybridized carbons (Fsp3) is 0.227. The van der Waals surface area contributed by atoms with Crippen molar-refractivity contribution in [2.45, 2.75) is 65.7 Å². The Morgan fingerprint density at radius 2 is 0.955 bits per heavy atom. The molecule has 6 aromatic rings. The number of hydrogen-bond donors (Lipinski definition) is 0. The lowest BCUT2D eigenvalue weighted by Crippen LogP contribution is -2.17. The number of hydrogen-bond acceptors (Lipinski definition) is 0. The van der Waals surface area contributed by atoms with Crippen LogP contribution in [-0.2, 0) is 17.3 Å². The van der Waals surface area contributed by atoms with E-state index in [0.717, 1.165) is 6.42 Å². The van der Waals surface area contributed by atoms with E-state index >= 15 is 0 Å². The summed E-state index contributed by atoms with van der Waals surface area (Å²) in [6.45, 7) is 15.6. The summed E-state index contributed by atoms with van der Waals surface area (Å²) in [4.78, 5) is 0. The lowest BCUT2D eigenvalue weighted by molar-refractivity contribution is 0.652. The van der Waals surface area contributed by atoms with Crippen molar-refractivity contribution in [3.8, 4) is 33.4 Å². The highest BCUT2D eigenvalue weighted by atomic mass is 14.4. The molecule has 2 aliphatic rings. The molecule has 6 aromatic carbocycles. The molecule has 0 nitrogen and oxygen atoms in total. The average Bonchev–Trinajstić information content (AvgIpc) is 3.45. The zero-order chi connectivity index (χ0) is 31.1. The molecule has 2 aliphatic carbocycles. The third-order valence-electron chi connectivity index (χ3n) is 9.71. The van der Waals surface area contributed by atoms with Crippen LogP contribution in [0.4, 0.5) is 0 Å². The molecule has 0 saturated heterocycles. The third kappa shape index (κ3) is 4.78. The minimum absolute atomic E-state index is 0.0544. The highest BCUT2D eigenvalue weighted by molar-refractivity contribution is 5.89. The summed E-state index contributed by atoms with van der Waals surface area (Å²) in [6.07, 6.45) is 1.11. The summed E-state index contributed by atoms with van der Waals surface area (Å²) in [5.41, 5.74) is 15.8. The van der Waals surface area contributed by atoms with Gasteiger partial charge in [-0.1, -0.05) is 164 Å². The Morgan fingerprint density at radius 1 is 0.432 bits per heavy atom. The topological polar surface area (TPSA) is 0 Å². The summed E-state index contributed by atoms with van der Waals surface area (Å²) in [5, 5.41) is 2.59. The molecule has 0 aromatic heterocycles. The third-order valence-corrected chi connectivity index (χ3v) is 9.71. The van der Waals surface area contributed by atoms with Crippen LogP contribution in [0.25, 0.3) is 44.2 Å². The van der Waals surface area contributed by atoms with Crippen molar-refractivity contribution in [1.82, 2.24) is 0 Å². The van der Waals surface area contributed by atoms with Crippen LogP contribution < -0.4 is 0 Å². The van der Waals surface area contributed by atoms with Crippen LogP contribution in [0.15, 0.2) is 127 Å². The second-order valence-corrected chi connectivity index (χ2v) is 12.9. The van der Waals surface area contributed by atoms with Gasteiger partial charge in [0.05, 0.1) is 0 Å². The molecule has 0 atom stereocenters. The van der Waals surface area contributed by atoms with E-state index in [1.807, 2.05) is 13.8 Å². The van der Waals surface area contributed by atoms with E-state index in [0.29, 0.717) is 0 Å². The van der Waals surface area contributed by atoms with Crippen LogP contribution in [0.2, 0.25) is 0 Å².